The Kier molecular flexibility index (Phi) is 5.74. The molecular weight excluding hydrogens is 236 g/mol. The van der Waals surface area contributed by atoms with E-state index in [0.717, 1.165) is 30.8 Å². The molecule has 0 aliphatic carbocycles. The lowest BCUT2D eigenvalue weighted by Crippen LogP contribution is -2.32. The van der Waals surface area contributed by atoms with E-state index in [1.54, 1.807) is 0 Å². The molecule has 0 saturated heterocycles. The van der Waals surface area contributed by atoms with Gasteiger partial charge >= 0.3 is 0 Å². The van der Waals surface area contributed by atoms with Crippen LogP contribution in [-0.4, -0.2) is 40.4 Å². The predicted octanol–water partition coefficient (Wildman–Crippen LogP) is 0.886. The molecule has 1 N–H and O–H groups in total. The van der Waals surface area contributed by atoms with E-state index >= 15 is 0 Å². The SMILES string of the molecule is CCc1c(N(C)CCOCCNC)c(=O)c1=S. The Bertz CT molecular complexity index is 424. The molecular formula is C12H20N2O2S. The van der Waals surface area contributed by atoms with Gasteiger partial charge in [0.05, 0.1) is 23.4 Å². The summed E-state index contributed by atoms with van der Waals surface area (Å²) >= 11 is 5.02. The van der Waals surface area contributed by atoms with Crippen molar-refractivity contribution in [3.63, 3.8) is 0 Å². The molecule has 1 aromatic carbocycles. The van der Waals surface area contributed by atoms with Gasteiger partial charge in [-0.3, -0.25) is 4.79 Å². The Balaban J connectivity index is 2.42. The summed E-state index contributed by atoms with van der Waals surface area (Å²) < 4.78 is 5.93. The first-order valence-electron chi connectivity index (χ1n) is 5.89. The second-order valence-corrected chi connectivity index (χ2v) is 4.38. The van der Waals surface area contributed by atoms with Gasteiger partial charge in [-0.1, -0.05) is 19.1 Å². The number of rotatable bonds is 8. The molecule has 96 valence electrons. The second kappa shape index (κ2) is 6.83. The molecule has 0 saturated carbocycles. The molecule has 0 unspecified atom stereocenters. The summed E-state index contributed by atoms with van der Waals surface area (Å²) in [6, 6.07) is 0. The minimum Gasteiger partial charge on any atom is -0.378 e. The van der Waals surface area contributed by atoms with Gasteiger partial charge in [0, 0.05) is 25.7 Å². The highest BCUT2D eigenvalue weighted by Gasteiger charge is 2.19. The third-order valence-corrected chi connectivity index (χ3v) is 3.22. The first-order chi connectivity index (χ1) is 8.13. The number of likely N-dealkylation sites (N-methyl/N-ethyl adjacent to an activating group) is 2. The van der Waals surface area contributed by atoms with Gasteiger partial charge in [0.1, 0.15) is 0 Å². The third kappa shape index (κ3) is 3.34. The molecule has 0 aliphatic heterocycles. The average molecular weight is 256 g/mol. The van der Waals surface area contributed by atoms with Crippen molar-refractivity contribution < 1.29 is 4.74 Å². The van der Waals surface area contributed by atoms with E-state index in [2.05, 4.69) is 5.32 Å². The van der Waals surface area contributed by atoms with Crippen LogP contribution in [-0.2, 0) is 11.2 Å². The Morgan fingerprint density at radius 2 is 2.12 bits per heavy atom. The Morgan fingerprint density at radius 1 is 1.41 bits per heavy atom. The third-order valence-electron chi connectivity index (χ3n) is 2.78. The minimum absolute atomic E-state index is 0.00887. The molecule has 0 spiro atoms. The monoisotopic (exact) mass is 256 g/mol. The van der Waals surface area contributed by atoms with Crippen LogP contribution < -0.4 is 15.6 Å². The van der Waals surface area contributed by atoms with Crippen LogP contribution in [0.4, 0.5) is 5.69 Å². The lowest BCUT2D eigenvalue weighted by atomic mass is 10.0. The molecule has 4 nitrogen and oxygen atoms in total. The van der Waals surface area contributed by atoms with Gasteiger partial charge in [-0.15, -0.1) is 0 Å². The number of ether oxygens (including phenoxy) is 1. The van der Waals surface area contributed by atoms with Crippen LogP contribution in [0.3, 0.4) is 0 Å². The van der Waals surface area contributed by atoms with Crippen molar-refractivity contribution in [2.24, 2.45) is 0 Å². The van der Waals surface area contributed by atoms with Crippen LogP contribution in [0.25, 0.3) is 0 Å². The van der Waals surface area contributed by atoms with Crippen molar-refractivity contribution in [2.45, 2.75) is 13.3 Å². The highest BCUT2D eigenvalue weighted by Crippen LogP contribution is 2.20. The molecule has 0 amide bonds. The fourth-order valence-corrected chi connectivity index (χ4v) is 2.09. The molecule has 1 rings (SSSR count). The Hall–Kier alpha value is -0.780. The number of nitrogens with zero attached hydrogens (tertiary/aromatic N) is 1. The zero-order valence-electron chi connectivity index (χ0n) is 10.7. The maximum absolute atomic E-state index is 11.6. The largest absolute Gasteiger partial charge is 0.378 e. The number of hydrogen-bond acceptors (Lipinski definition) is 5. The smallest absolute Gasteiger partial charge is 0.220 e. The summed E-state index contributed by atoms with van der Waals surface area (Å²) in [5.41, 5.74) is 1.80. The van der Waals surface area contributed by atoms with Crippen molar-refractivity contribution in [2.75, 3.05) is 45.3 Å². The van der Waals surface area contributed by atoms with E-state index in [9.17, 15) is 4.79 Å². The highest BCUT2D eigenvalue weighted by atomic mass is 32.1. The molecule has 0 bridgehead atoms. The van der Waals surface area contributed by atoms with Gasteiger partial charge in [-0.25, -0.2) is 0 Å². The average Bonchev–Trinajstić information content (AvgIpc) is 2.33. The molecule has 0 fully saturated rings. The molecule has 0 atom stereocenters. The van der Waals surface area contributed by atoms with Gasteiger partial charge < -0.3 is 15.0 Å². The summed E-state index contributed by atoms with van der Waals surface area (Å²) in [4.78, 5) is 13.6. The number of hydrogen-bond donors (Lipinski definition) is 1. The Labute approximate surface area is 107 Å². The maximum Gasteiger partial charge on any atom is 0.220 e. The summed E-state index contributed by atoms with van der Waals surface area (Å²) in [5.74, 6) is 0. The van der Waals surface area contributed by atoms with E-state index in [4.69, 9.17) is 17.0 Å². The van der Waals surface area contributed by atoms with Crippen molar-refractivity contribution in [1.29, 1.82) is 0 Å². The quantitative estimate of drug-likeness (QED) is 0.552. The van der Waals surface area contributed by atoms with E-state index in [1.807, 2.05) is 25.9 Å². The normalized spacial score (nSPS) is 11.0. The minimum atomic E-state index is 0.00887. The molecule has 0 radical (unpaired) electrons. The van der Waals surface area contributed by atoms with Crippen molar-refractivity contribution in [1.82, 2.24) is 5.32 Å². The number of nitrogens with one attached hydrogen (secondary N) is 1. The molecule has 1 aromatic rings. The van der Waals surface area contributed by atoms with Crippen LogP contribution in [0.15, 0.2) is 4.79 Å². The Morgan fingerprint density at radius 3 is 2.71 bits per heavy atom. The first kappa shape index (κ1) is 14.3. The molecule has 0 heterocycles. The van der Waals surface area contributed by atoms with E-state index in [0.29, 0.717) is 17.7 Å². The van der Waals surface area contributed by atoms with E-state index in [1.165, 1.54) is 0 Å². The van der Waals surface area contributed by atoms with E-state index < -0.39 is 0 Å². The van der Waals surface area contributed by atoms with Crippen LogP contribution in [0.5, 0.6) is 0 Å². The molecule has 0 aromatic heterocycles. The van der Waals surface area contributed by atoms with Gasteiger partial charge in [-0.2, -0.15) is 0 Å². The van der Waals surface area contributed by atoms with Gasteiger partial charge in [-0.05, 0) is 13.5 Å². The summed E-state index contributed by atoms with van der Waals surface area (Å²) in [7, 11) is 3.80. The van der Waals surface area contributed by atoms with Crippen LogP contribution in [0, 0.1) is 4.51 Å². The lowest BCUT2D eigenvalue weighted by Gasteiger charge is -2.23. The molecule has 5 heteroatoms. The summed E-state index contributed by atoms with van der Waals surface area (Å²) in [5, 5.41) is 3.01. The van der Waals surface area contributed by atoms with Crippen molar-refractivity contribution >= 4 is 17.9 Å². The second-order valence-electron chi connectivity index (χ2n) is 3.98. The number of anilines is 1. The topological polar surface area (TPSA) is 41.6 Å². The fraction of sp³-hybridized carbons (Fsp3) is 0.667. The highest BCUT2D eigenvalue weighted by molar-refractivity contribution is 7.71. The standard InChI is InChI=1S/C12H20N2O2S/c1-4-9-10(11(15)12(9)17)14(3)6-8-16-7-5-13-2/h13H,4-8H2,1-3H3. The van der Waals surface area contributed by atoms with Crippen LogP contribution in [0.2, 0.25) is 0 Å². The summed E-state index contributed by atoms with van der Waals surface area (Å²) in [6.45, 7) is 4.90. The van der Waals surface area contributed by atoms with Crippen LogP contribution >= 0.6 is 12.2 Å². The lowest BCUT2D eigenvalue weighted by molar-refractivity contribution is 0.144. The summed E-state index contributed by atoms with van der Waals surface area (Å²) in [6.07, 6.45) is 0.824. The zero-order chi connectivity index (χ0) is 12.8. The van der Waals surface area contributed by atoms with Crippen LogP contribution in [0.1, 0.15) is 12.5 Å². The predicted molar refractivity (Wildman–Crippen MR) is 73.3 cm³/mol. The first-order valence-corrected chi connectivity index (χ1v) is 6.30. The van der Waals surface area contributed by atoms with Gasteiger partial charge in [0.2, 0.25) is 5.43 Å². The van der Waals surface area contributed by atoms with Crippen molar-refractivity contribution in [3.8, 4) is 0 Å². The fourth-order valence-electron chi connectivity index (χ4n) is 1.75. The van der Waals surface area contributed by atoms with Gasteiger partial charge in [0.25, 0.3) is 0 Å². The van der Waals surface area contributed by atoms with Gasteiger partial charge in [0.15, 0.2) is 0 Å². The molecule has 0 aliphatic rings. The van der Waals surface area contributed by atoms with Crippen molar-refractivity contribution in [3.05, 3.63) is 20.3 Å². The maximum atomic E-state index is 11.6. The van der Waals surface area contributed by atoms with E-state index in [-0.39, 0.29) is 5.43 Å². The zero-order valence-corrected chi connectivity index (χ0v) is 11.5. The molecule has 17 heavy (non-hydrogen) atoms.